The van der Waals surface area contributed by atoms with Gasteiger partial charge < -0.3 is 4.74 Å². The fraction of sp³-hybridized carbons (Fsp3) is 0.400. The molecule has 0 unspecified atom stereocenters. The standard InChI is InChI=1S/C10H13FO/c1-10(2,11)12-8-9-6-4-3-5-7-9/h3-7H,8H2,1-2H3. The lowest BCUT2D eigenvalue weighted by Gasteiger charge is -2.14. The first kappa shape index (κ1) is 9.20. The molecule has 0 radical (unpaired) electrons. The van der Waals surface area contributed by atoms with Gasteiger partial charge in [-0.3, -0.25) is 0 Å². The third-order valence-corrected chi connectivity index (χ3v) is 1.42. The third-order valence-electron chi connectivity index (χ3n) is 1.42. The van der Waals surface area contributed by atoms with Crippen molar-refractivity contribution >= 4 is 0 Å². The van der Waals surface area contributed by atoms with Crippen LogP contribution in [0.1, 0.15) is 19.4 Å². The number of ether oxygens (including phenoxy) is 1. The Morgan fingerprint density at radius 1 is 1.25 bits per heavy atom. The number of hydrogen-bond donors (Lipinski definition) is 0. The Hall–Kier alpha value is -0.890. The zero-order valence-corrected chi connectivity index (χ0v) is 7.38. The second-order valence-electron chi connectivity index (χ2n) is 3.14. The summed E-state index contributed by atoms with van der Waals surface area (Å²) >= 11 is 0. The van der Waals surface area contributed by atoms with Gasteiger partial charge in [-0.05, 0) is 19.4 Å². The monoisotopic (exact) mass is 168 g/mol. The number of alkyl halides is 1. The molecule has 2 heteroatoms. The van der Waals surface area contributed by atoms with Gasteiger partial charge in [0.2, 0.25) is 5.85 Å². The average Bonchev–Trinajstić information content (AvgIpc) is 2.02. The maximum atomic E-state index is 12.9. The smallest absolute Gasteiger partial charge is 0.203 e. The van der Waals surface area contributed by atoms with Gasteiger partial charge in [0.15, 0.2) is 0 Å². The van der Waals surface area contributed by atoms with Crippen LogP contribution in [0.25, 0.3) is 0 Å². The molecule has 0 fully saturated rings. The van der Waals surface area contributed by atoms with Crippen LogP contribution in [0.15, 0.2) is 30.3 Å². The molecular weight excluding hydrogens is 155 g/mol. The fourth-order valence-electron chi connectivity index (χ4n) is 0.829. The molecule has 0 aliphatic heterocycles. The van der Waals surface area contributed by atoms with E-state index in [0.717, 1.165) is 5.56 Å². The van der Waals surface area contributed by atoms with E-state index in [-0.39, 0.29) is 0 Å². The van der Waals surface area contributed by atoms with E-state index in [1.54, 1.807) is 0 Å². The molecule has 66 valence electrons. The second-order valence-corrected chi connectivity index (χ2v) is 3.14. The molecule has 0 spiro atoms. The summed E-state index contributed by atoms with van der Waals surface area (Å²) in [5, 5.41) is 0. The molecule has 0 saturated carbocycles. The first-order valence-electron chi connectivity index (χ1n) is 3.95. The molecule has 1 nitrogen and oxygen atoms in total. The molecule has 0 heterocycles. The van der Waals surface area contributed by atoms with Crippen molar-refractivity contribution < 1.29 is 9.13 Å². The Morgan fingerprint density at radius 2 is 1.83 bits per heavy atom. The van der Waals surface area contributed by atoms with Crippen LogP contribution >= 0.6 is 0 Å². The molecule has 0 aliphatic rings. The predicted molar refractivity (Wildman–Crippen MR) is 46.4 cm³/mol. The van der Waals surface area contributed by atoms with Gasteiger partial charge in [0.1, 0.15) is 0 Å². The van der Waals surface area contributed by atoms with E-state index in [1.165, 1.54) is 13.8 Å². The number of hydrogen-bond acceptors (Lipinski definition) is 1. The van der Waals surface area contributed by atoms with Crippen molar-refractivity contribution in [2.45, 2.75) is 26.3 Å². The van der Waals surface area contributed by atoms with Gasteiger partial charge in [-0.25, -0.2) is 4.39 Å². The topological polar surface area (TPSA) is 9.23 Å². The normalized spacial score (nSPS) is 11.6. The van der Waals surface area contributed by atoms with Gasteiger partial charge in [-0.2, -0.15) is 0 Å². The van der Waals surface area contributed by atoms with Crippen LogP contribution in [0.4, 0.5) is 4.39 Å². The second kappa shape index (κ2) is 3.68. The maximum absolute atomic E-state index is 12.9. The van der Waals surface area contributed by atoms with Crippen molar-refractivity contribution in [1.29, 1.82) is 0 Å². The number of halogens is 1. The lowest BCUT2D eigenvalue weighted by molar-refractivity contribution is -0.125. The molecule has 1 aromatic rings. The first-order valence-corrected chi connectivity index (χ1v) is 3.95. The molecule has 0 aliphatic carbocycles. The Kier molecular flexibility index (Phi) is 2.82. The van der Waals surface area contributed by atoms with Gasteiger partial charge in [0.25, 0.3) is 0 Å². The number of benzene rings is 1. The summed E-state index contributed by atoms with van der Waals surface area (Å²) in [5.41, 5.74) is 0.989. The molecule has 0 N–H and O–H groups in total. The fourth-order valence-corrected chi connectivity index (χ4v) is 0.829. The summed E-state index contributed by atoms with van der Waals surface area (Å²) in [6, 6.07) is 9.55. The van der Waals surface area contributed by atoms with Crippen LogP contribution in [0.3, 0.4) is 0 Å². The van der Waals surface area contributed by atoms with Crippen LogP contribution in [0, 0.1) is 0 Å². The van der Waals surface area contributed by atoms with E-state index < -0.39 is 5.85 Å². The third kappa shape index (κ3) is 3.49. The molecule has 0 atom stereocenters. The lowest BCUT2D eigenvalue weighted by Crippen LogP contribution is -2.16. The Morgan fingerprint density at radius 3 is 2.33 bits per heavy atom. The molecule has 12 heavy (non-hydrogen) atoms. The highest BCUT2D eigenvalue weighted by atomic mass is 19.2. The van der Waals surface area contributed by atoms with Crippen molar-refractivity contribution in [2.75, 3.05) is 0 Å². The van der Waals surface area contributed by atoms with Crippen LogP contribution in [-0.4, -0.2) is 5.85 Å². The molecular formula is C10H13FO. The minimum atomic E-state index is -1.55. The van der Waals surface area contributed by atoms with Gasteiger partial charge in [-0.15, -0.1) is 0 Å². The summed E-state index contributed by atoms with van der Waals surface area (Å²) < 4.78 is 17.8. The minimum Gasteiger partial charge on any atom is -0.341 e. The van der Waals surface area contributed by atoms with Gasteiger partial charge in [0.05, 0.1) is 6.61 Å². The van der Waals surface area contributed by atoms with Gasteiger partial charge in [-0.1, -0.05) is 30.3 Å². The largest absolute Gasteiger partial charge is 0.341 e. The van der Waals surface area contributed by atoms with Crippen LogP contribution < -0.4 is 0 Å². The van der Waals surface area contributed by atoms with E-state index >= 15 is 0 Å². The Labute approximate surface area is 72.2 Å². The quantitative estimate of drug-likeness (QED) is 0.674. The van der Waals surface area contributed by atoms with Gasteiger partial charge >= 0.3 is 0 Å². The van der Waals surface area contributed by atoms with E-state index in [0.29, 0.717) is 6.61 Å². The number of rotatable bonds is 3. The van der Waals surface area contributed by atoms with E-state index in [9.17, 15) is 4.39 Å². The summed E-state index contributed by atoms with van der Waals surface area (Å²) in [5.74, 6) is -1.55. The highest BCUT2D eigenvalue weighted by Crippen LogP contribution is 2.13. The molecule has 0 aromatic heterocycles. The average molecular weight is 168 g/mol. The summed E-state index contributed by atoms with van der Waals surface area (Å²) in [7, 11) is 0. The van der Waals surface area contributed by atoms with E-state index in [2.05, 4.69) is 0 Å². The summed E-state index contributed by atoms with van der Waals surface area (Å²) in [6.45, 7) is 3.12. The van der Waals surface area contributed by atoms with Crippen LogP contribution in [0.5, 0.6) is 0 Å². The van der Waals surface area contributed by atoms with Crippen molar-refractivity contribution in [3.05, 3.63) is 35.9 Å². The Balaban J connectivity index is 2.44. The maximum Gasteiger partial charge on any atom is 0.203 e. The highest BCUT2D eigenvalue weighted by molar-refractivity contribution is 5.13. The SMILES string of the molecule is CC(C)(F)OCc1ccccc1. The highest BCUT2D eigenvalue weighted by Gasteiger charge is 2.14. The van der Waals surface area contributed by atoms with Gasteiger partial charge in [0, 0.05) is 0 Å². The molecule has 0 bridgehead atoms. The minimum absolute atomic E-state index is 0.324. The van der Waals surface area contributed by atoms with Crippen molar-refractivity contribution in [1.82, 2.24) is 0 Å². The van der Waals surface area contributed by atoms with Crippen molar-refractivity contribution in [3.63, 3.8) is 0 Å². The van der Waals surface area contributed by atoms with Crippen LogP contribution in [-0.2, 0) is 11.3 Å². The lowest BCUT2D eigenvalue weighted by atomic mass is 10.2. The first-order chi connectivity index (χ1) is 5.58. The zero-order valence-electron chi connectivity index (χ0n) is 7.38. The molecule has 1 rings (SSSR count). The summed E-state index contributed by atoms with van der Waals surface area (Å²) in [6.07, 6.45) is 0. The van der Waals surface area contributed by atoms with Crippen molar-refractivity contribution in [2.24, 2.45) is 0 Å². The molecule has 0 amide bonds. The Bertz CT molecular complexity index is 225. The van der Waals surface area contributed by atoms with E-state index in [4.69, 9.17) is 4.74 Å². The predicted octanol–water partition coefficient (Wildman–Crippen LogP) is 2.91. The summed E-state index contributed by atoms with van der Waals surface area (Å²) in [4.78, 5) is 0. The molecule has 0 saturated heterocycles. The van der Waals surface area contributed by atoms with Crippen LogP contribution in [0.2, 0.25) is 0 Å². The zero-order chi connectivity index (χ0) is 9.03. The van der Waals surface area contributed by atoms with Crippen molar-refractivity contribution in [3.8, 4) is 0 Å². The van der Waals surface area contributed by atoms with E-state index in [1.807, 2.05) is 30.3 Å². The molecule has 1 aromatic carbocycles.